The third-order valence-corrected chi connectivity index (χ3v) is 6.67. The van der Waals surface area contributed by atoms with E-state index in [0.29, 0.717) is 41.6 Å². The number of amides is 2. The largest absolute Gasteiger partial charge is 0.356 e. The number of aromatic nitrogens is 4. The molecule has 3 aromatic rings. The second-order valence-electron chi connectivity index (χ2n) is 9.38. The van der Waals surface area contributed by atoms with E-state index >= 15 is 0 Å². The number of halogens is 1. The molecule has 0 saturated carbocycles. The molecule has 0 aliphatic heterocycles. The minimum Gasteiger partial charge on any atom is -0.356 e. The van der Waals surface area contributed by atoms with Gasteiger partial charge in [-0.2, -0.15) is 4.63 Å². The van der Waals surface area contributed by atoms with Crippen molar-refractivity contribution in [2.24, 2.45) is 0 Å². The van der Waals surface area contributed by atoms with Crippen molar-refractivity contribution in [2.75, 3.05) is 11.9 Å². The summed E-state index contributed by atoms with van der Waals surface area (Å²) in [5.74, 6) is 0.648. The van der Waals surface area contributed by atoms with Crippen molar-refractivity contribution in [1.82, 2.24) is 25.1 Å². The van der Waals surface area contributed by atoms with Crippen LogP contribution in [-0.4, -0.2) is 38.2 Å². The molecule has 3 N–H and O–H groups in total. The number of nitrogens with zero attached hydrogens (tertiary/aromatic N) is 3. The zero-order chi connectivity index (χ0) is 25.8. The van der Waals surface area contributed by atoms with Gasteiger partial charge in [0.1, 0.15) is 5.02 Å². The second-order valence-corrected chi connectivity index (χ2v) is 9.76. The van der Waals surface area contributed by atoms with Crippen LogP contribution in [0, 0.1) is 6.92 Å². The number of nitrogens with one attached hydrogen (secondary N) is 3. The maximum absolute atomic E-state index is 12.4. The smallest absolute Gasteiger partial charge is 0.224 e. The number of hydrogen-bond acceptors (Lipinski definition) is 4. The molecule has 0 fully saturated rings. The van der Waals surface area contributed by atoms with Crippen molar-refractivity contribution < 1.29 is 9.59 Å². The van der Waals surface area contributed by atoms with E-state index in [0.717, 1.165) is 43.4 Å². The Labute approximate surface area is 218 Å². The van der Waals surface area contributed by atoms with E-state index in [1.54, 1.807) is 4.63 Å². The number of anilines is 1. The summed E-state index contributed by atoms with van der Waals surface area (Å²) in [4.78, 5) is 28.8. The molecule has 3 rings (SSSR count). The number of aryl methyl sites for hydroxylation is 1. The summed E-state index contributed by atoms with van der Waals surface area (Å²) in [5, 5.41) is 14.0. The summed E-state index contributed by atoms with van der Waals surface area (Å²) in [7, 11) is 0. The van der Waals surface area contributed by atoms with Crippen molar-refractivity contribution >= 4 is 34.7 Å². The molecular formula is C27H39ClN6O2. The SMILES string of the molecule is CCCCCCCCCC(=O)NCCCCCC(=O)Nc1cccc(-c2nc3c(Cl)c(C)[nH]n3n2)c1. The molecule has 2 aromatic heterocycles. The predicted octanol–water partition coefficient (Wildman–Crippen LogP) is 6.44. The van der Waals surface area contributed by atoms with Crippen LogP contribution in [0.25, 0.3) is 17.0 Å². The van der Waals surface area contributed by atoms with Crippen molar-refractivity contribution in [2.45, 2.75) is 90.9 Å². The van der Waals surface area contributed by atoms with Gasteiger partial charge < -0.3 is 10.6 Å². The third-order valence-electron chi connectivity index (χ3n) is 6.22. The average molecular weight is 515 g/mol. The van der Waals surface area contributed by atoms with Gasteiger partial charge in [0.25, 0.3) is 0 Å². The molecule has 0 aliphatic carbocycles. The van der Waals surface area contributed by atoms with Gasteiger partial charge in [0.2, 0.25) is 11.8 Å². The van der Waals surface area contributed by atoms with E-state index in [4.69, 9.17) is 11.6 Å². The number of benzene rings is 1. The van der Waals surface area contributed by atoms with Crippen LogP contribution < -0.4 is 10.6 Å². The Hall–Kier alpha value is -2.87. The van der Waals surface area contributed by atoms with E-state index in [-0.39, 0.29) is 11.8 Å². The first-order valence-corrected chi connectivity index (χ1v) is 13.6. The maximum Gasteiger partial charge on any atom is 0.224 e. The van der Waals surface area contributed by atoms with Gasteiger partial charge in [0.15, 0.2) is 11.5 Å². The Morgan fingerprint density at radius 2 is 1.67 bits per heavy atom. The third kappa shape index (κ3) is 8.66. The van der Waals surface area contributed by atoms with Crippen molar-refractivity contribution in [3.8, 4) is 11.4 Å². The number of H-pyrrole nitrogens is 1. The predicted molar refractivity (Wildman–Crippen MR) is 145 cm³/mol. The van der Waals surface area contributed by atoms with Crippen LogP contribution in [0.4, 0.5) is 5.69 Å². The van der Waals surface area contributed by atoms with E-state index in [1.807, 2.05) is 31.2 Å². The maximum atomic E-state index is 12.4. The molecule has 0 aliphatic rings. The first-order valence-electron chi connectivity index (χ1n) is 13.3. The minimum absolute atomic E-state index is 0.0290. The van der Waals surface area contributed by atoms with E-state index in [2.05, 4.69) is 32.7 Å². The summed E-state index contributed by atoms with van der Waals surface area (Å²) in [6, 6.07) is 7.46. The summed E-state index contributed by atoms with van der Waals surface area (Å²) >= 11 is 6.25. The lowest BCUT2D eigenvalue weighted by atomic mass is 10.1. The van der Waals surface area contributed by atoms with Crippen LogP contribution in [0.1, 0.15) is 89.7 Å². The van der Waals surface area contributed by atoms with Gasteiger partial charge in [-0.25, -0.2) is 4.98 Å². The fourth-order valence-electron chi connectivity index (χ4n) is 4.14. The highest BCUT2D eigenvalue weighted by Crippen LogP contribution is 2.24. The molecule has 9 heteroatoms. The molecule has 2 amide bonds. The van der Waals surface area contributed by atoms with Gasteiger partial charge >= 0.3 is 0 Å². The fourth-order valence-corrected chi connectivity index (χ4v) is 4.30. The summed E-state index contributed by atoms with van der Waals surface area (Å²) in [6.45, 7) is 4.76. The van der Waals surface area contributed by atoms with Crippen molar-refractivity contribution in [1.29, 1.82) is 0 Å². The van der Waals surface area contributed by atoms with Gasteiger partial charge in [-0.15, -0.1) is 5.10 Å². The minimum atomic E-state index is -0.0290. The van der Waals surface area contributed by atoms with Crippen LogP contribution in [0.5, 0.6) is 0 Å². The molecule has 0 saturated heterocycles. The van der Waals surface area contributed by atoms with Gasteiger partial charge in [-0.3, -0.25) is 14.7 Å². The second kappa shape index (κ2) is 14.6. The molecule has 0 spiro atoms. The fraction of sp³-hybridized carbons (Fsp3) is 0.556. The Morgan fingerprint density at radius 1 is 0.972 bits per heavy atom. The lowest BCUT2D eigenvalue weighted by molar-refractivity contribution is -0.121. The number of carbonyl (C=O) groups excluding carboxylic acids is 2. The molecule has 196 valence electrons. The summed E-state index contributed by atoms with van der Waals surface area (Å²) in [5.41, 5.74) is 2.89. The molecular weight excluding hydrogens is 476 g/mol. The quantitative estimate of drug-likeness (QED) is 0.191. The molecule has 0 unspecified atom stereocenters. The Morgan fingerprint density at radius 3 is 2.42 bits per heavy atom. The van der Waals surface area contributed by atoms with E-state index in [9.17, 15) is 9.59 Å². The van der Waals surface area contributed by atoms with Gasteiger partial charge in [-0.1, -0.05) is 75.6 Å². The topological polar surface area (TPSA) is 104 Å². The van der Waals surface area contributed by atoms with Crippen molar-refractivity contribution in [3.63, 3.8) is 0 Å². The van der Waals surface area contributed by atoms with Crippen LogP contribution in [-0.2, 0) is 9.59 Å². The molecule has 0 bridgehead atoms. The highest BCUT2D eigenvalue weighted by atomic mass is 35.5. The molecule has 2 heterocycles. The first kappa shape index (κ1) is 27.7. The lowest BCUT2D eigenvalue weighted by Crippen LogP contribution is -2.24. The van der Waals surface area contributed by atoms with Crippen LogP contribution in [0.15, 0.2) is 24.3 Å². The summed E-state index contributed by atoms with van der Waals surface area (Å²) < 4.78 is 1.55. The summed E-state index contributed by atoms with van der Waals surface area (Å²) in [6.07, 6.45) is 12.1. The monoisotopic (exact) mass is 514 g/mol. The van der Waals surface area contributed by atoms with Gasteiger partial charge in [0, 0.05) is 30.6 Å². The number of rotatable bonds is 16. The highest BCUT2D eigenvalue weighted by Gasteiger charge is 2.14. The zero-order valence-corrected chi connectivity index (χ0v) is 22.3. The van der Waals surface area contributed by atoms with E-state index < -0.39 is 0 Å². The molecule has 36 heavy (non-hydrogen) atoms. The Balaban J connectivity index is 1.29. The molecule has 0 atom stereocenters. The van der Waals surface area contributed by atoms with Crippen LogP contribution in [0.2, 0.25) is 5.02 Å². The van der Waals surface area contributed by atoms with Gasteiger partial charge in [0.05, 0.1) is 5.69 Å². The number of carbonyl (C=O) groups is 2. The molecule has 0 radical (unpaired) electrons. The number of fused-ring (bicyclic) bond motifs is 1. The number of unbranched alkanes of at least 4 members (excludes halogenated alkanes) is 8. The number of aromatic amines is 1. The van der Waals surface area contributed by atoms with E-state index in [1.165, 1.54) is 32.1 Å². The normalized spacial score (nSPS) is 11.2. The first-order chi connectivity index (χ1) is 17.5. The van der Waals surface area contributed by atoms with Crippen LogP contribution >= 0.6 is 11.6 Å². The average Bonchev–Trinajstić information content (AvgIpc) is 3.39. The zero-order valence-electron chi connectivity index (χ0n) is 21.5. The van der Waals surface area contributed by atoms with Crippen molar-refractivity contribution in [3.05, 3.63) is 35.0 Å². The lowest BCUT2D eigenvalue weighted by Gasteiger charge is -2.07. The molecule has 1 aromatic carbocycles. The Kier molecular flexibility index (Phi) is 11.3. The molecule has 8 nitrogen and oxygen atoms in total. The highest BCUT2D eigenvalue weighted by molar-refractivity contribution is 6.34. The Bertz CT molecular complexity index is 1120. The van der Waals surface area contributed by atoms with Crippen LogP contribution in [0.3, 0.4) is 0 Å². The standard InChI is InChI=1S/C27H39ClN6O2/c1-3-4-5-6-7-8-10-16-23(35)29-18-12-9-11-17-24(36)30-22-15-13-14-21(19-22)26-31-27-25(28)20(2)32-34(27)33-26/h13-15,19,32H,3-12,16-18H2,1-2H3,(H,29,35)(H,30,36). The number of hydrogen-bond donors (Lipinski definition) is 3. The van der Waals surface area contributed by atoms with Gasteiger partial charge in [-0.05, 0) is 38.3 Å².